The summed E-state index contributed by atoms with van der Waals surface area (Å²) in [6.07, 6.45) is 1.43. The van der Waals surface area contributed by atoms with Crippen molar-refractivity contribution >= 4 is 50.4 Å². The smallest absolute Gasteiger partial charge is 0.159 e. The van der Waals surface area contributed by atoms with Crippen molar-refractivity contribution in [1.29, 1.82) is 0 Å². The third-order valence-electron chi connectivity index (χ3n) is 3.55. The van der Waals surface area contributed by atoms with E-state index in [2.05, 4.69) is 36.5 Å². The van der Waals surface area contributed by atoms with Crippen LogP contribution in [-0.4, -0.2) is 15.8 Å². The highest BCUT2D eigenvalue weighted by Gasteiger charge is 2.09. The Bertz CT molecular complexity index is 894. The molecule has 2 aromatic carbocycles. The average Bonchev–Trinajstić information content (AvgIpc) is 2.61. The minimum Gasteiger partial charge on any atom is -0.393 e. The van der Waals surface area contributed by atoms with E-state index in [0.717, 1.165) is 15.8 Å². The van der Waals surface area contributed by atoms with Crippen molar-refractivity contribution in [3.05, 3.63) is 64.9 Å². The van der Waals surface area contributed by atoms with Crippen LogP contribution in [0.4, 0.5) is 28.7 Å². The number of ketones is 1. The third-order valence-corrected chi connectivity index (χ3v) is 4.07. The zero-order valence-corrected chi connectivity index (χ0v) is 15.0. The monoisotopic (exact) mass is 397 g/mol. The van der Waals surface area contributed by atoms with Crippen molar-refractivity contribution in [3.63, 3.8) is 0 Å². The van der Waals surface area contributed by atoms with Gasteiger partial charge in [0.05, 0.1) is 0 Å². The van der Waals surface area contributed by atoms with Gasteiger partial charge >= 0.3 is 0 Å². The van der Waals surface area contributed by atoms with Crippen LogP contribution in [0, 0.1) is 0 Å². The van der Waals surface area contributed by atoms with Crippen LogP contribution >= 0.6 is 15.9 Å². The number of Topliss-reactive ketones (excluding diaryl/α,β-unsaturated/α-hetero) is 1. The molecule has 0 unspecified atom stereocenters. The van der Waals surface area contributed by atoms with E-state index >= 15 is 0 Å². The lowest BCUT2D eigenvalue weighted by atomic mass is 10.1. The first-order chi connectivity index (χ1) is 12.0. The Balaban J connectivity index is 1.80. The van der Waals surface area contributed by atoms with Crippen molar-refractivity contribution in [2.45, 2.75) is 6.92 Å². The molecule has 0 aliphatic rings. The molecule has 7 heteroatoms. The predicted octanol–water partition coefficient (Wildman–Crippen LogP) is 4.51. The predicted molar refractivity (Wildman–Crippen MR) is 104 cm³/mol. The molecule has 1 heterocycles. The number of rotatable bonds is 5. The van der Waals surface area contributed by atoms with Gasteiger partial charge in [0.25, 0.3) is 0 Å². The van der Waals surface area contributed by atoms with Crippen LogP contribution in [0.5, 0.6) is 0 Å². The van der Waals surface area contributed by atoms with Crippen LogP contribution in [0.15, 0.2) is 59.3 Å². The molecule has 3 aromatic rings. The molecule has 3 rings (SSSR count). The van der Waals surface area contributed by atoms with E-state index < -0.39 is 0 Å². The maximum absolute atomic E-state index is 11.3. The summed E-state index contributed by atoms with van der Waals surface area (Å²) in [5.41, 5.74) is 8.88. The number of nitrogens with two attached hydrogens (primary N) is 1. The van der Waals surface area contributed by atoms with Gasteiger partial charge in [-0.05, 0) is 55.5 Å². The van der Waals surface area contributed by atoms with Crippen LogP contribution in [0.25, 0.3) is 0 Å². The highest BCUT2D eigenvalue weighted by Crippen LogP contribution is 2.28. The summed E-state index contributed by atoms with van der Waals surface area (Å²) in [6, 6.07) is 14.8. The Morgan fingerprint density at radius 2 is 1.40 bits per heavy atom. The highest BCUT2D eigenvalue weighted by atomic mass is 79.9. The molecule has 6 nitrogen and oxygen atoms in total. The van der Waals surface area contributed by atoms with Gasteiger partial charge in [-0.25, -0.2) is 9.97 Å². The van der Waals surface area contributed by atoms with Gasteiger partial charge < -0.3 is 16.4 Å². The quantitative estimate of drug-likeness (QED) is 0.548. The highest BCUT2D eigenvalue weighted by molar-refractivity contribution is 9.10. The molecule has 0 radical (unpaired) electrons. The number of nitrogen functional groups attached to an aromatic ring is 1. The van der Waals surface area contributed by atoms with Crippen LogP contribution < -0.4 is 16.4 Å². The van der Waals surface area contributed by atoms with E-state index in [1.807, 2.05) is 24.3 Å². The van der Waals surface area contributed by atoms with E-state index in [4.69, 9.17) is 5.73 Å². The topological polar surface area (TPSA) is 92.9 Å². The molecule has 0 saturated heterocycles. The van der Waals surface area contributed by atoms with Crippen LogP contribution in [0.2, 0.25) is 0 Å². The number of hydrogen-bond acceptors (Lipinski definition) is 6. The summed E-state index contributed by atoms with van der Waals surface area (Å²) < 4.78 is 0.991. The summed E-state index contributed by atoms with van der Waals surface area (Å²) in [5.74, 6) is 1.03. The minimum absolute atomic E-state index is 0.0223. The van der Waals surface area contributed by atoms with Gasteiger partial charge in [0.15, 0.2) is 17.4 Å². The second-order valence-corrected chi connectivity index (χ2v) is 6.29. The average molecular weight is 398 g/mol. The lowest BCUT2D eigenvalue weighted by molar-refractivity contribution is 0.101. The molecule has 0 bridgehead atoms. The van der Waals surface area contributed by atoms with E-state index in [9.17, 15) is 4.79 Å². The first-order valence-electron chi connectivity index (χ1n) is 7.54. The van der Waals surface area contributed by atoms with E-state index in [0.29, 0.717) is 22.9 Å². The summed E-state index contributed by atoms with van der Waals surface area (Å²) in [7, 11) is 0. The molecule has 1 aromatic heterocycles. The minimum atomic E-state index is 0.0223. The van der Waals surface area contributed by atoms with Crippen LogP contribution in [-0.2, 0) is 0 Å². The van der Waals surface area contributed by atoms with Gasteiger partial charge in [0.2, 0.25) is 0 Å². The fourth-order valence-electron chi connectivity index (χ4n) is 2.19. The van der Waals surface area contributed by atoms with E-state index in [1.165, 1.54) is 13.3 Å². The van der Waals surface area contributed by atoms with Gasteiger partial charge in [-0.3, -0.25) is 4.79 Å². The number of hydrogen-bond donors (Lipinski definition) is 3. The molecule has 0 aliphatic heterocycles. The summed E-state index contributed by atoms with van der Waals surface area (Å²) in [6.45, 7) is 1.53. The molecule has 0 saturated carbocycles. The fourth-order valence-corrected chi connectivity index (χ4v) is 2.45. The molecule has 4 N–H and O–H groups in total. The second kappa shape index (κ2) is 7.31. The SMILES string of the molecule is CC(=O)c1ccc(Nc2ncnc(Nc3ccc(Br)cc3)c2N)cc1. The molecule has 25 heavy (non-hydrogen) atoms. The van der Waals surface area contributed by atoms with Crippen molar-refractivity contribution in [2.24, 2.45) is 0 Å². The first kappa shape index (κ1) is 16.9. The number of anilines is 5. The summed E-state index contributed by atoms with van der Waals surface area (Å²) in [4.78, 5) is 19.7. The number of carbonyl (C=O) groups is 1. The standard InChI is InChI=1S/C18H16BrN5O/c1-11(25)12-2-6-14(7-3-12)23-17-16(20)18(22-10-21-17)24-15-8-4-13(19)5-9-15/h2-10H,20H2,1H3,(H2,21,22,23,24). The summed E-state index contributed by atoms with van der Waals surface area (Å²) in [5, 5.41) is 6.31. The van der Waals surface area contributed by atoms with Crippen LogP contribution in [0.3, 0.4) is 0 Å². The molecule has 126 valence electrons. The third kappa shape index (κ3) is 4.13. The lowest BCUT2D eigenvalue weighted by Gasteiger charge is -2.13. The number of nitrogens with zero attached hydrogens (tertiary/aromatic N) is 2. The zero-order valence-electron chi connectivity index (χ0n) is 13.5. The van der Waals surface area contributed by atoms with Crippen molar-refractivity contribution in [1.82, 2.24) is 9.97 Å². The maximum atomic E-state index is 11.3. The number of benzene rings is 2. The van der Waals surface area contributed by atoms with Gasteiger partial charge in [0, 0.05) is 21.4 Å². The molecule has 0 atom stereocenters. The van der Waals surface area contributed by atoms with Gasteiger partial charge in [-0.2, -0.15) is 0 Å². The second-order valence-electron chi connectivity index (χ2n) is 5.37. The first-order valence-corrected chi connectivity index (χ1v) is 8.33. The van der Waals surface area contributed by atoms with Gasteiger partial charge in [-0.1, -0.05) is 15.9 Å². The number of aromatic nitrogens is 2. The number of carbonyl (C=O) groups excluding carboxylic acids is 1. The molecular formula is C18H16BrN5O. The molecule has 0 aliphatic carbocycles. The molecule has 0 amide bonds. The maximum Gasteiger partial charge on any atom is 0.159 e. The Labute approximate surface area is 153 Å². The Morgan fingerprint density at radius 3 is 1.88 bits per heavy atom. The molecule has 0 spiro atoms. The zero-order chi connectivity index (χ0) is 17.8. The number of nitrogens with one attached hydrogen (secondary N) is 2. The largest absolute Gasteiger partial charge is 0.393 e. The molecular weight excluding hydrogens is 382 g/mol. The van der Waals surface area contributed by atoms with Gasteiger partial charge in [0.1, 0.15) is 12.0 Å². The summed E-state index contributed by atoms with van der Waals surface area (Å²) >= 11 is 3.40. The lowest BCUT2D eigenvalue weighted by Crippen LogP contribution is -2.05. The Morgan fingerprint density at radius 1 is 0.920 bits per heavy atom. The van der Waals surface area contributed by atoms with Crippen molar-refractivity contribution < 1.29 is 4.79 Å². The Hall–Kier alpha value is -2.93. The van der Waals surface area contributed by atoms with Crippen LogP contribution in [0.1, 0.15) is 17.3 Å². The number of halogens is 1. The normalized spacial score (nSPS) is 10.3. The van der Waals surface area contributed by atoms with Gasteiger partial charge in [-0.15, -0.1) is 0 Å². The van der Waals surface area contributed by atoms with Crippen molar-refractivity contribution in [3.8, 4) is 0 Å². The van der Waals surface area contributed by atoms with E-state index in [-0.39, 0.29) is 5.78 Å². The Kier molecular flexibility index (Phi) is 4.95. The molecule has 0 fully saturated rings. The fraction of sp³-hybridized carbons (Fsp3) is 0.0556. The van der Waals surface area contributed by atoms with Crippen molar-refractivity contribution in [2.75, 3.05) is 16.4 Å². The van der Waals surface area contributed by atoms with E-state index in [1.54, 1.807) is 24.3 Å².